The van der Waals surface area contributed by atoms with Gasteiger partial charge in [-0.1, -0.05) is 287 Å². The summed E-state index contributed by atoms with van der Waals surface area (Å²) in [5.41, 5.74) is 0. The van der Waals surface area contributed by atoms with Gasteiger partial charge in [-0.05, 0) is 83.5 Å². The van der Waals surface area contributed by atoms with Gasteiger partial charge in [-0.25, -0.2) is 0 Å². The van der Waals surface area contributed by atoms with Crippen LogP contribution in [-0.2, 0) is 28.6 Å². The molecule has 0 radical (unpaired) electrons. The maximum atomic E-state index is 12.8. The average molecular weight is 1020 g/mol. The molecule has 0 aliphatic carbocycles. The highest BCUT2D eigenvalue weighted by atomic mass is 16.6. The second-order valence-corrected chi connectivity index (χ2v) is 21.3. The Morgan fingerprint density at radius 2 is 0.534 bits per heavy atom. The van der Waals surface area contributed by atoms with E-state index in [0.717, 1.165) is 89.9 Å². The van der Waals surface area contributed by atoms with Crippen LogP contribution in [0.5, 0.6) is 0 Å². The van der Waals surface area contributed by atoms with Crippen molar-refractivity contribution < 1.29 is 28.6 Å². The first kappa shape index (κ1) is 70.1. The van der Waals surface area contributed by atoms with Gasteiger partial charge in [0.2, 0.25) is 0 Å². The molecule has 0 aromatic heterocycles. The Labute approximate surface area is 453 Å². The van der Waals surface area contributed by atoms with E-state index in [2.05, 4.69) is 81.5 Å². The molecular formula is C67H120O6. The fraction of sp³-hybridized carbons (Fsp3) is 0.806. The second-order valence-electron chi connectivity index (χ2n) is 21.3. The van der Waals surface area contributed by atoms with Crippen LogP contribution in [0.2, 0.25) is 0 Å². The predicted octanol–water partition coefficient (Wildman–Crippen LogP) is 21.6. The third kappa shape index (κ3) is 59.9. The molecule has 0 amide bonds. The number of allylic oxidation sites excluding steroid dienone is 10. The third-order valence-electron chi connectivity index (χ3n) is 14.0. The number of hydrogen-bond donors (Lipinski definition) is 0. The molecule has 0 saturated carbocycles. The summed E-state index contributed by atoms with van der Waals surface area (Å²) in [6.45, 7) is 6.49. The van der Waals surface area contributed by atoms with Gasteiger partial charge in [0, 0.05) is 19.3 Å². The minimum Gasteiger partial charge on any atom is -0.462 e. The first-order valence-corrected chi connectivity index (χ1v) is 31.8. The highest BCUT2D eigenvalue weighted by molar-refractivity contribution is 5.71. The summed E-state index contributed by atoms with van der Waals surface area (Å²) < 4.78 is 16.8. The summed E-state index contributed by atoms with van der Waals surface area (Å²) in [6, 6.07) is 0. The molecule has 0 fully saturated rings. The first-order chi connectivity index (χ1) is 36.0. The number of hydrogen-bond acceptors (Lipinski definition) is 6. The van der Waals surface area contributed by atoms with Gasteiger partial charge in [0.15, 0.2) is 6.10 Å². The summed E-state index contributed by atoms with van der Waals surface area (Å²) in [5.74, 6) is -0.875. The Morgan fingerprint density at radius 3 is 0.849 bits per heavy atom. The van der Waals surface area contributed by atoms with Crippen molar-refractivity contribution in [2.45, 2.75) is 335 Å². The summed E-state index contributed by atoms with van der Waals surface area (Å²) in [6.07, 6.45) is 78.5. The van der Waals surface area contributed by atoms with E-state index in [0.29, 0.717) is 19.3 Å². The zero-order chi connectivity index (χ0) is 52.9. The minimum absolute atomic E-state index is 0.0728. The van der Waals surface area contributed by atoms with E-state index in [9.17, 15) is 14.4 Å². The van der Waals surface area contributed by atoms with Crippen molar-refractivity contribution in [2.24, 2.45) is 0 Å². The highest BCUT2D eigenvalue weighted by Gasteiger charge is 2.19. The largest absolute Gasteiger partial charge is 0.462 e. The fourth-order valence-corrected chi connectivity index (χ4v) is 9.25. The van der Waals surface area contributed by atoms with E-state index in [1.807, 2.05) is 0 Å². The van der Waals surface area contributed by atoms with E-state index < -0.39 is 6.10 Å². The molecule has 6 heteroatoms. The van der Waals surface area contributed by atoms with Crippen molar-refractivity contribution >= 4 is 17.9 Å². The van der Waals surface area contributed by atoms with Crippen LogP contribution in [0.1, 0.15) is 329 Å². The molecule has 0 aliphatic heterocycles. The molecule has 0 heterocycles. The molecule has 0 rings (SSSR count). The Balaban J connectivity index is 3.95. The Hall–Kier alpha value is -2.89. The molecule has 1 unspecified atom stereocenters. The molecule has 6 nitrogen and oxygen atoms in total. The lowest BCUT2D eigenvalue weighted by Crippen LogP contribution is -2.30. The smallest absolute Gasteiger partial charge is 0.306 e. The van der Waals surface area contributed by atoms with Gasteiger partial charge in [-0.15, -0.1) is 0 Å². The average Bonchev–Trinajstić information content (AvgIpc) is 3.39. The van der Waals surface area contributed by atoms with Crippen molar-refractivity contribution in [1.29, 1.82) is 0 Å². The summed E-state index contributed by atoms with van der Waals surface area (Å²) in [4.78, 5) is 37.9. The summed E-state index contributed by atoms with van der Waals surface area (Å²) >= 11 is 0. The van der Waals surface area contributed by atoms with Gasteiger partial charge in [0.05, 0.1) is 0 Å². The normalized spacial score (nSPS) is 12.4. The van der Waals surface area contributed by atoms with Crippen LogP contribution in [0.4, 0.5) is 0 Å². The standard InChI is InChI=1S/C67H120O6/c1-4-7-10-13-16-18-20-22-24-26-27-28-29-30-31-32-33-34-35-36-37-38-39-40-41-42-44-45-47-49-51-54-57-60-66(69)72-63-64(62-71-65(68)59-56-53-15-12-9-6-3)73-67(70)61-58-55-52-50-48-46-43-25-23-21-19-17-14-11-8-5-2/h7,10,16,18,22,24-25,27-28,43,64H,4-6,8-9,11-15,17,19-21,23,26,29-42,44-63H2,1-3H3/b10-7-,18-16-,24-22-,28-27-,43-25-. The fourth-order valence-electron chi connectivity index (χ4n) is 9.25. The lowest BCUT2D eigenvalue weighted by Gasteiger charge is -2.18. The number of ether oxygens (including phenoxy) is 3. The summed E-state index contributed by atoms with van der Waals surface area (Å²) in [7, 11) is 0. The van der Waals surface area contributed by atoms with Gasteiger partial charge >= 0.3 is 17.9 Å². The lowest BCUT2D eigenvalue weighted by molar-refractivity contribution is -0.167. The molecule has 73 heavy (non-hydrogen) atoms. The van der Waals surface area contributed by atoms with Crippen molar-refractivity contribution in [3.8, 4) is 0 Å². The molecular weight excluding hydrogens is 901 g/mol. The van der Waals surface area contributed by atoms with Gasteiger partial charge < -0.3 is 14.2 Å². The molecule has 424 valence electrons. The van der Waals surface area contributed by atoms with Gasteiger partial charge in [0.1, 0.15) is 13.2 Å². The van der Waals surface area contributed by atoms with Crippen LogP contribution in [0.3, 0.4) is 0 Å². The van der Waals surface area contributed by atoms with E-state index in [-0.39, 0.29) is 31.1 Å². The number of carbonyl (C=O) groups is 3. The molecule has 0 saturated heterocycles. The minimum atomic E-state index is -0.772. The monoisotopic (exact) mass is 1020 g/mol. The number of carbonyl (C=O) groups excluding carboxylic acids is 3. The molecule has 0 spiro atoms. The Bertz CT molecular complexity index is 1310. The predicted molar refractivity (Wildman–Crippen MR) is 316 cm³/mol. The van der Waals surface area contributed by atoms with E-state index >= 15 is 0 Å². The van der Waals surface area contributed by atoms with Crippen LogP contribution in [0.15, 0.2) is 60.8 Å². The van der Waals surface area contributed by atoms with Crippen molar-refractivity contribution in [3.63, 3.8) is 0 Å². The second kappa shape index (κ2) is 61.7. The van der Waals surface area contributed by atoms with Crippen molar-refractivity contribution in [3.05, 3.63) is 60.8 Å². The van der Waals surface area contributed by atoms with E-state index in [1.54, 1.807) is 0 Å². The topological polar surface area (TPSA) is 78.9 Å². The number of esters is 3. The summed E-state index contributed by atoms with van der Waals surface area (Å²) in [5, 5.41) is 0. The van der Waals surface area contributed by atoms with Crippen LogP contribution in [0.25, 0.3) is 0 Å². The molecule has 0 aromatic rings. The maximum Gasteiger partial charge on any atom is 0.306 e. The molecule has 0 bridgehead atoms. The maximum absolute atomic E-state index is 12.8. The van der Waals surface area contributed by atoms with Crippen molar-refractivity contribution in [2.75, 3.05) is 13.2 Å². The van der Waals surface area contributed by atoms with E-state index in [1.165, 1.54) is 199 Å². The number of rotatable bonds is 58. The number of unbranched alkanes of at least 4 members (excludes halogenated alkanes) is 37. The zero-order valence-corrected chi connectivity index (χ0v) is 48.7. The molecule has 0 aliphatic rings. The van der Waals surface area contributed by atoms with Crippen LogP contribution < -0.4 is 0 Å². The van der Waals surface area contributed by atoms with Crippen LogP contribution in [0, 0.1) is 0 Å². The highest BCUT2D eigenvalue weighted by Crippen LogP contribution is 2.17. The van der Waals surface area contributed by atoms with Gasteiger partial charge in [-0.2, -0.15) is 0 Å². The van der Waals surface area contributed by atoms with Gasteiger partial charge in [0.25, 0.3) is 0 Å². The quantitative estimate of drug-likeness (QED) is 0.0261. The SMILES string of the molecule is CC/C=C\C/C=C\C/C=C\C/C=C\CCCCCCCCCCCCCCCCCCCCCCC(=O)OCC(COC(=O)CCCCCCCC)OC(=O)CCCCCCC/C=C\CCCCCCCCC. The van der Waals surface area contributed by atoms with Gasteiger partial charge in [-0.3, -0.25) is 14.4 Å². The molecule has 1 atom stereocenters. The Kier molecular flexibility index (Phi) is 59.2. The first-order valence-electron chi connectivity index (χ1n) is 31.8. The molecule has 0 aromatic carbocycles. The zero-order valence-electron chi connectivity index (χ0n) is 48.7. The lowest BCUT2D eigenvalue weighted by atomic mass is 10.0. The van der Waals surface area contributed by atoms with Crippen molar-refractivity contribution in [1.82, 2.24) is 0 Å². The molecule has 0 N–H and O–H groups in total. The Morgan fingerprint density at radius 1 is 0.288 bits per heavy atom. The third-order valence-corrected chi connectivity index (χ3v) is 14.0. The van der Waals surface area contributed by atoms with E-state index in [4.69, 9.17) is 14.2 Å². The van der Waals surface area contributed by atoms with Crippen LogP contribution >= 0.6 is 0 Å². The van der Waals surface area contributed by atoms with Crippen LogP contribution in [-0.4, -0.2) is 37.2 Å².